The van der Waals surface area contributed by atoms with E-state index < -0.39 is 30.7 Å². The number of aliphatic hydroxyl groups is 1. The van der Waals surface area contributed by atoms with E-state index in [1.807, 2.05) is 0 Å². The van der Waals surface area contributed by atoms with Crippen molar-refractivity contribution in [2.24, 2.45) is 0 Å². The highest BCUT2D eigenvalue weighted by molar-refractivity contribution is 5.97. The average Bonchev–Trinajstić information content (AvgIpc) is 2.89. The molecule has 1 atom stereocenters. The molecular formula is C15H16F3NO3. The molecule has 4 nitrogen and oxygen atoms in total. The molecule has 0 radical (unpaired) electrons. The first-order valence-corrected chi connectivity index (χ1v) is 6.88. The Bertz CT molecular complexity index is 559. The van der Waals surface area contributed by atoms with Crippen LogP contribution in [0.25, 0.3) is 0 Å². The number of β-amino-alcohol motifs (C(OH)–C–C–N with tert-alkyl or cyclic N) is 1. The third kappa shape index (κ3) is 3.47. The van der Waals surface area contributed by atoms with Crippen LogP contribution in [0.15, 0.2) is 30.3 Å². The van der Waals surface area contributed by atoms with Gasteiger partial charge < -0.3 is 10.0 Å². The number of halogens is 3. The predicted molar refractivity (Wildman–Crippen MR) is 72.2 cm³/mol. The molecule has 1 aromatic rings. The second-order valence-electron chi connectivity index (χ2n) is 5.38. The summed E-state index contributed by atoms with van der Waals surface area (Å²) in [5.41, 5.74) is -2.38. The van der Waals surface area contributed by atoms with Gasteiger partial charge in [0.1, 0.15) is 0 Å². The van der Waals surface area contributed by atoms with Crippen LogP contribution in [0.2, 0.25) is 0 Å². The molecule has 0 saturated carbocycles. The predicted octanol–water partition coefficient (Wildman–Crippen LogP) is 2.18. The van der Waals surface area contributed by atoms with E-state index >= 15 is 0 Å². The van der Waals surface area contributed by atoms with Gasteiger partial charge in [0.25, 0.3) is 0 Å². The van der Waals surface area contributed by atoms with Crippen molar-refractivity contribution in [2.45, 2.75) is 31.0 Å². The Morgan fingerprint density at radius 1 is 1.18 bits per heavy atom. The van der Waals surface area contributed by atoms with E-state index in [2.05, 4.69) is 0 Å². The minimum Gasteiger partial charge on any atom is -0.379 e. The monoisotopic (exact) mass is 315 g/mol. The molecule has 1 amide bonds. The fourth-order valence-electron chi connectivity index (χ4n) is 2.38. The molecular weight excluding hydrogens is 299 g/mol. The van der Waals surface area contributed by atoms with Crippen molar-refractivity contribution < 1.29 is 27.9 Å². The zero-order valence-corrected chi connectivity index (χ0v) is 11.8. The van der Waals surface area contributed by atoms with Gasteiger partial charge in [0.2, 0.25) is 5.91 Å². The fraction of sp³-hybridized carbons (Fsp3) is 0.467. The maximum absolute atomic E-state index is 12.7. The standard InChI is InChI=1S/C15H16F3NO3/c16-15(17,18)14(22)8-9-19(10-14)13(21)7-6-12(20)11-4-2-1-3-5-11/h1-5,22H,6-10H2/t14-/m0/s1. The van der Waals surface area contributed by atoms with Crippen LogP contribution in [-0.4, -0.2) is 46.6 Å². The minimum atomic E-state index is -4.76. The number of benzene rings is 1. The van der Waals surface area contributed by atoms with Crippen LogP contribution in [0.4, 0.5) is 13.2 Å². The lowest BCUT2D eigenvalue weighted by molar-refractivity contribution is -0.253. The zero-order valence-electron chi connectivity index (χ0n) is 11.8. The summed E-state index contributed by atoms with van der Waals surface area (Å²) in [6.07, 6.45) is -5.53. The van der Waals surface area contributed by atoms with Crippen molar-refractivity contribution in [3.8, 4) is 0 Å². The van der Waals surface area contributed by atoms with Gasteiger partial charge in [-0.05, 0) is 0 Å². The highest BCUT2D eigenvalue weighted by Gasteiger charge is 2.57. The van der Waals surface area contributed by atoms with Crippen LogP contribution in [0.5, 0.6) is 0 Å². The number of rotatable bonds is 4. The smallest absolute Gasteiger partial charge is 0.379 e. The van der Waals surface area contributed by atoms with E-state index in [1.165, 1.54) is 0 Å². The molecule has 1 heterocycles. The van der Waals surface area contributed by atoms with Crippen LogP contribution in [0.3, 0.4) is 0 Å². The van der Waals surface area contributed by atoms with Crippen LogP contribution >= 0.6 is 0 Å². The van der Waals surface area contributed by atoms with Gasteiger partial charge >= 0.3 is 6.18 Å². The van der Waals surface area contributed by atoms with E-state index in [-0.39, 0.29) is 25.2 Å². The molecule has 0 aromatic heterocycles. The van der Waals surface area contributed by atoms with E-state index in [0.717, 1.165) is 4.90 Å². The van der Waals surface area contributed by atoms with Gasteiger partial charge in [-0.2, -0.15) is 13.2 Å². The molecule has 22 heavy (non-hydrogen) atoms. The summed E-state index contributed by atoms with van der Waals surface area (Å²) in [5, 5.41) is 9.52. The van der Waals surface area contributed by atoms with Gasteiger partial charge in [-0.1, -0.05) is 30.3 Å². The lowest BCUT2D eigenvalue weighted by Gasteiger charge is -2.25. The second-order valence-corrected chi connectivity index (χ2v) is 5.38. The molecule has 7 heteroatoms. The average molecular weight is 315 g/mol. The van der Waals surface area contributed by atoms with Gasteiger partial charge in [0.15, 0.2) is 11.4 Å². The normalized spacial score (nSPS) is 21.9. The number of alkyl halides is 3. The number of amides is 1. The molecule has 0 spiro atoms. The van der Waals surface area contributed by atoms with Crippen LogP contribution in [0.1, 0.15) is 29.6 Å². The third-order valence-electron chi connectivity index (χ3n) is 3.79. The van der Waals surface area contributed by atoms with E-state index in [9.17, 15) is 27.9 Å². The number of ketones is 1. The van der Waals surface area contributed by atoms with Gasteiger partial charge in [-0.25, -0.2) is 0 Å². The summed E-state index contributed by atoms with van der Waals surface area (Å²) in [5.74, 6) is -0.788. The van der Waals surface area contributed by atoms with Crippen molar-refractivity contribution in [3.63, 3.8) is 0 Å². The number of carbonyl (C=O) groups is 2. The van der Waals surface area contributed by atoms with Gasteiger partial charge in [0.05, 0.1) is 6.54 Å². The molecule has 1 aliphatic rings. The Morgan fingerprint density at radius 3 is 2.36 bits per heavy atom. The molecule has 1 saturated heterocycles. The number of hydrogen-bond acceptors (Lipinski definition) is 3. The van der Waals surface area contributed by atoms with Gasteiger partial charge in [-0.15, -0.1) is 0 Å². The Kier molecular flexibility index (Phi) is 4.55. The fourth-order valence-corrected chi connectivity index (χ4v) is 2.38. The molecule has 0 bridgehead atoms. The highest BCUT2D eigenvalue weighted by atomic mass is 19.4. The third-order valence-corrected chi connectivity index (χ3v) is 3.79. The number of carbonyl (C=O) groups excluding carboxylic acids is 2. The zero-order chi connectivity index (χ0) is 16.4. The first kappa shape index (κ1) is 16.5. The molecule has 2 rings (SSSR count). The molecule has 0 aliphatic carbocycles. The van der Waals surface area contributed by atoms with Crippen LogP contribution in [-0.2, 0) is 4.79 Å². The number of likely N-dealkylation sites (tertiary alicyclic amines) is 1. The Morgan fingerprint density at radius 2 is 1.82 bits per heavy atom. The SMILES string of the molecule is O=C(CCC(=O)N1CC[C@@](O)(C(F)(F)F)C1)c1ccccc1. The van der Waals surface area contributed by atoms with Crippen molar-refractivity contribution in [1.82, 2.24) is 4.90 Å². The molecule has 120 valence electrons. The molecule has 1 N–H and O–H groups in total. The largest absolute Gasteiger partial charge is 0.419 e. The summed E-state index contributed by atoms with van der Waals surface area (Å²) >= 11 is 0. The molecule has 1 aromatic carbocycles. The molecule has 1 aliphatic heterocycles. The van der Waals surface area contributed by atoms with Gasteiger partial charge in [-0.3, -0.25) is 9.59 Å². The topological polar surface area (TPSA) is 57.6 Å². The molecule has 0 unspecified atom stereocenters. The lowest BCUT2D eigenvalue weighted by Crippen LogP contribution is -2.48. The van der Waals surface area contributed by atoms with Crippen molar-refractivity contribution in [1.29, 1.82) is 0 Å². The second kappa shape index (κ2) is 6.08. The quantitative estimate of drug-likeness (QED) is 0.867. The Balaban J connectivity index is 1.88. The number of Topliss-reactive ketones (excluding diaryl/α,β-unsaturated/α-hetero) is 1. The van der Waals surface area contributed by atoms with E-state index in [4.69, 9.17) is 0 Å². The van der Waals surface area contributed by atoms with Crippen LogP contribution in [0, 0.1) is 0 Å². The summed E-state index contributed by atoms with van der Waals surface area (Å²) in [7, 11) is 0. The number of nitrogens with zero attached hydrogens (tertiary/aromatic N) is 1. The Labute approximate surface area is 125 Å². The highest BCUT2D eigenvalue weighted by Crippen LogP contribution is 2.37. The minimum absolute atomic E-state index is 0.0657. The van der Waals surface area contributed by atoms with Crippen molar-refractivity contribution in [3.05, 3.63) is 35.9 Å². The van der Waals surface area contributed by atoms with E-state index in [0.29, 0.717) is 5.56 Å². The maximum Gasteiger partial charge on any atom is 0.419 e. The van der Waals surface area contributed by atoms with Crippen molar-refractivity contribution in [2.75, 3.05) is 13.1 Å². The lowest BCUT2D eigenvalue weighted by atomic mass is 10.0. The van der Waals surface area contributed by atoms with Crippen molar-refractivity contribution >= 4 is 11.7 Å². The summed E-state index contributed by atoms with van der Waals surface area (Å²) in [6, 6.07) is 8.37. The number of hydrogen-bond donors (Lipinski definition) is 1. The van der Waals surface area contributed by atoms with E-state index in [1.54, 1.807) is 30.3 Å². The summed E-state index contributed by atoms with van der Waals surface area (Å²) < 4.78 is 38.0. The first-order chi connectivity index (χ1) is 10.2. The first-order valence-electron chi connectivity index (χ1n) is 6.88. The summed E-state index contributed by atoms with van der Waals surface area (Å²) in [6.45, 7) is -0.927. The van der Waals surface area contributed by atoms with Gasteiger partial charge in [0, 0.05) is 31.4 Å². The maximum atomic E-state index is 12.7. The van der Waals surface area contributed by atoms with Crippen LogP contribution < -0.4 is 0 Å². The Hall–Kier alpha value is -1.89. The molecule has 1 fully saturated rings. The summed E-state index contributed by atoms with van der Waals surface area (Å²) in [4.78, 5) is 24.7.